The van der Waals surface area contributed by atoms with Gasteiger partial charge < -0.3 is 20.0 Å². The fourth-order valence-corrected chi connectivity index (χ4v) is 3.24. The van der Waals surface area contributed by atoms with E-state index in [1.807, 2.05) is 30.3 Å². The molecule has 160 valence electrons. The third-order valence-electron chi connectivity index (χ3n) is 4.28. The number of nitrogen functional groups attached to an aromatic ring is 1. The molecule has 0 aromatic heterocycles. The van der Waals surface area contributed by atoms with Gasteiger partial charge in [-0.1, -0.05) is 54.6 Å². The van der Waals surface area contributed by atoms with Crippen molar-refractivity contribution in [3.8, 4) is 0 Å². The molecule has 0 radical (unpaired) electrons. The van der Waals surface area contributed by atoms with Crippen LogP contribution in [0.4, 0.5) is 14.9 Å². The number of amides is 1. The first-order valence-electron chi connectivity index (χ1n) is 9.46. The molecule has 1 amide bonds. The van der Waals surface area contributed by atoms with Gasteiger partial charge in [0.1, 0.15) is 18.5 Å². The lowest BCUT2D eigenvalue weighted by atomic mass is 10.1. The van der Waals surface area contributed by atoms with E-state index in [0.717, 1.165) is 17.6 Å². The number of para-hydroxylation sites is 1. The molecule has 0 bridgehead atoms. The fourth-order valence-electron chi connectivity index (χ4n) is 2.66. The van der Waals surface area contributed by atoms with Crippen molar-refractivity contribution >= 4 is 29.8 Å². The Labute approximate surface area is 183 Å². The summed E-state index contributed by atoms with van der Waals surface area (Å²) in [5, 5.41) is 2.53. The van der Waals surface area contributed by atoms with Crippen molar-refractivity contribution in [3.63, 3.8) is 0 Å². The molecule has 0 aliphatic heterocycles. The standard InChI is InChI=1S/C23H21FN2O4S/c24-18-12-10-16(11-13-18)14-20(22(27)30-31-21-9-5-4-8-19(21)25)26-23(28)29-15-17-6-2-1-3-7-17/h1-13,20H,14-15,25H2,(H,26,28)/t20-/m0/s1. The molecule has 0 saturated heterocycles. The van der Waals surface area contributed by atoms with E-state index in [9.17, 15) is 14.0 Å². The predicted octanol–water partition coefficient (Wildman–Crippen LogP) is 4.50. The van der Waals surface area contributed by atoms with Crippen LogP contribution < -0.4 is 11.1 Å². The Kier molecular flexibility index (Phi) is 7.89. The van der Waals surface area contributed by atoms with Crippen LogP contribution in [0.5, 0.6) is 0 Å². The van der Waals surface area contributed by atoms with Crippen molar-refractivity contribution in [1.29, 1.82) is 0 Å². The monoisotopic (exact) mass is 440 g/mol. The maximum Gasteiger partial charge on any atom is 0.408 e. The highest BCUT2D eigenvalue weighted by Gasteiger charge is 2.24. The number of halogens is 1. The van der Waals surface area contributed by atoms with Crippen molar-refractivity contribution in [2.75, 3.05) is 5.73 Å². The molecule has 0 spiro atoms. The van der Waals surface area contributed by atoms with E-state index in [-0.39, 0.29) is 13.0 Å². The number of alkyl carbamates (subject to hydrolysis) is 1. The fraction of sp³-hybridized carbons (Fsp3) is 0.130. The van der Waals surface area contributed by atoms with Gasteiger partial charge in [0, 0.05) is 12.1 Å². The van der Waals surface area contributed by atoms with Crippen LogP contribution in [-0.2, 0) is 26.7 Å². The van der Waals surface area contributed by atoms with Crippen molar-refractivity contribution in [1.82, 2.24) is 5.32 Å². The smallest absolute Gasteiger partial charge is 0.408 e. The molecule has 0 fully saturated rings. The molecule has 6 nitrogen and oxygen atoms in total. The minimum absolute atomic E-state index is 0.0558. The van der Waals surface area contributed by atoms with Crippen LogP contribution in [0.15, 0.2) is 83.8 Å². The largest absolute Gasteiger partial charge is 0.445 e. The number of anilines is 1. The molecule has 3 aromatic carbocycles. The second-order valence-electron chi connectivity index (χ2n) is 6.61. The average molecular weight is 440 g/mol. The summed E-state index contributed by atoms with van der Waals surface area (Å²) in [4.78, 5) is 25.5. The molecule has 0 unspecified atom stereocenters. The van der Waals surface area contributed by atoms with Gasteiger partial charge in [0.2, 0.25) is 0 Å². The highest BCUT2D eigenvalue weighted by Crippen LogP contribution is 2.26. The summed E-state index contributed by atoms with van der Waals surface area (Å²) in [5.74, 6) is -1.08. The third-order valence-corrected chi connectivity index (χ3v) is 5.07. The zero-order valence-electron chi connectivity index (χ0n) is 16.5. The van der Waals surface area contributed by atoms with E-state index in [1.54, 1.807) is 24.3 Å². The minimum Gasteiger partial charge on any atom is -0.445 e. The second-order valence-corrected chi connectivity index (χ2v) is 7.39. The number of benzene rings is 3. The number of nitrogens with one attached hydrogen (secondary N) is 1. The number of ether oxygens (including phenoxy) is 1. The summed E-state index contributed by atoms with van der Waals surface area (Å²) >= 11 is 0.807. The van der Waals surface area contributed by atoms with Gasteiger partial charge in [0.25, 0.3) is 0 Å². The molecule has 0 aliphatic rings. The van der Waals surface area contributed by atoms with E-state index in [4.69, 9.17) is 14.7 Å². The molecular formula is C23H21FN2O4S. The highest BCUT2D eigenvalue weighted by atomic mass is 32.2. The SMILES string of the molecule is Nc1ccccc1SOC(=O)[C@H](Cc1ccc(F)cc1)NC(=O)OCc1ccccc1. The van der Waals surface area contributed by atoms with Gasteiger partial charge in [0.15, 0.2) is 0 Å². The number of carbonyl (C=O) groups is 2. The number of carbonyl (C=O) groups excluding carboxylic acids is 2. The first-order valence-corrected chi connectivity index (χ1v) is 10.2. The maximum absolute atomic E-state index is 13.2. The summed E-state index contributed by atoms with van der Waals surface area (Å²) in [6, 6.07) is 20.7. The van der Waals surface area contributed by atoms with Crippen molar-refractivity contribution in [3.05, 3.63) is 95.8 Å². The van der Waals surface area contributed by atoms with Crippen LogP contribution >= 0.6 is 12.0 Å². The Morgan fingerprint density at radius 1 is 0.935 bits per heavy atom. The topological polar surface area (TPSA) is 90.6 Å². The van der Waals surface area contributed by atoms with Crippen LogP contribution in [0.1, 0.15) is 11.1 Å². The molecule has 0 saturated carbocycles. The summed E-state index contributed by atoms with van der Waals surface area (Å²) in [5.41, 5.74) is 7.78. The summed E-state index contributed by atoms with van der Waals surface area (Å²) in [7, 11) is 0. The zero-order chi connectivity index (χ0) is 22.1. The predicted molar refractivity (Wildman–Crippen MR) is 116 cm³/mol. The molecule has 0 aliphatic carbocycles. The van der Waals surface area contributed by atoms with Gasteiger partial charge in [0.05, 0.1) is 16.9 Å². The average Bonchev–Trinajstić information content (AvgIpc) is 2.78. The quantitative estimate of drug-likeness (QED) is 0.396. The Balaban J connectivity index is 1.64. The lowest BCUT2D eigenvalue weighted by Crippen LogP contribution is -2.43. The Morgan fingerprint density at radius 3 is 2.32 bits per heavy atom. The highest BCUT2D eigenvalue weighted by molar-refractivity contribution is 7.95. The van der Waals surface area contributed by atoms with Crippen LogP contribution in [0, 0.1) is 5.82 Å². The Bertz CT molecular complexity index is 1020. The normalized spacial score (nSPS) is 11.4. The molecule has 8 heteroatoms. The summed E-state index contributed by atoms with van der Waals surface area (Å²) < 4.78 is 23.7. The lowest BCUT2D eigenvalue weighted by molar-refractivity contribution is -0.135. The number of nitrogens with two attached hydrogens (primary N) is 1. The molecule has 3 rings (SSSR count). The number of hydrogen-bond acceptors (Lipinski definition) is 6. The first-order chi connectivity index (χ1) is 15.0. The molecule has 1 atom stereocenters. The van der Waals surface area contributed by atoms with E-state index in [2.05, 4.69) is 5.32 Å². The van der Waals surface area contributed by atoms with Gasteiger partial charge in [-0.3, -0.25) is 0 Å². The van der Waals surface area contributed by atoms with E-state index in [0.29, 0.717) is 16.1 Å². The van der Waals surface area contributed by atoms with Gasteiger partial charge in [-0.15, -0.1) is 0 Å². The van der Waals surface area contributed by atoms with Crippen molar-refractivity contribution in [2.45, 2.75) is 24.0 Å². The van der Waals surface area contributed by atoms with Crippen LogP contribution in [0.25, 0.3) is 0 Å². The van der Waals surface area contributed by atoms with Gasteiger partial charge in [-0.25, -0.2) is 14.0 Å². The Hall–Kier alpha value is -3.52. The minimum atomic E-state index is -1.04. The first kappa shape index (κ1) is 22.2. The summed E-state index contributed by atoms with van der Waals surface area (Å²) in [6.07, 6.45) is -0.665. The lowest BCUT2D eigenvalue weighted by Gasteiger charge is -2.17. The number of hydrogen-bond donors (Lipinski definition) is 2. The van der Waals surface area contributed by atoms with Crippen molar-refractivity contribution in [2.24, 2.45) is 0 Å². The second kappa shape index (κ2) is 11.0. The molecule has 0 heterocycles. The van der Waals surface area contributed by atoms with Gasteiger partial charge in [-0.05, 0) is 35.4 Å². The zero-order valence-corrected chi connectivity index (χ0v) is 17.3. The van der Waals surface area contributed by atoms with E-state index >= 15 is 0 Å². The summed E-state index contributed by atoms with van der Waals surface area (Å²) in [6.45, 7) is 0.0558. The molecule has 3 N–H and O–H groups in total. The van der Waals surface area contributed by atoms with Crippen LogP contribution in [0.2, 0.25) is 0 Å². The van der Waals surface area contributed by atoms with E-state index < -0.39 is 23.9 Å². The van der Waals surface area contributed by atoms with Crippen LogP contribution in [0.3, 0.4) is 0 Å². The maximum atomic E-state index is 13.2. The Morgan fingerprint density at radius 2 is 1.61 bits per heavy atom. The van der Waals surface area contributed by atoms with Crippen molar-refractivity contribution < 1.29 is 22.9 Å². The van der Waals surface area contributed by atoms with E-state index in [1.165, 1.54) is 24.3 Å². The third kappa shape index (κ3) is 7.04. The molecule has 31 heavy (non-hydrogen) atoms. The van der Waals surface area contributed by atoms with Gasteiger partial charge >= 0.3 is 12.1 Å². The molecule has 3 aromatic rings. The number of rotatable bonds is 8. The van der Waals surface area contributed by atoms with Gasteiger partial charge in [-0.2, -0.15) is 0 Å². The van der Waals surface area contributed by atoms with Crippen LogP contribution in [-0.4, -0.2) is 18.1 Å². The molecular weight excluding hydrogens is 419 g/mol.